The monoisotopic (exact) mass is 265 g/mol. The summed E-state index contributed by atoms with van der Waals surface area (Å²) in [6.45, 7) is 3.01. The lowest BCUT2D eigenvalue weighted by Crippen LogP contribution is -2.02. The predicted molar refractivity (Wildman–Crippen MR) is 82.1 cm³/mol. The van der Waals surface area contributed by atoms with Gasteiger partial charge >= 0.3 is 0 Å². The van der Waals surface area contributed by atoms with E-state index in [2.05, 4.69) is 42.2 Å². The first kappa shape index (κ1) is 12.9. The van der Waals surface area contributed by atoms with Crippen LogP contribution in [0.1, 0.15) is 42.6 Å². The maximum absolute atomic E-state index is 6.11. The van der Waals surface area contributed by atoms with Gasteiger partial charge < -0.3 is 4.74 Å². The Morgan fingerprint density at radius 1 is 1.00 bits per heavy atom. The van der Waals surface area contributed by atoms with Gasteiger partial charge in [0.25, 0.3) is 0 Å². The van der Waals surface area contributed by atoms with Crippen LogP contribution in [-0.4, -0.2) is 12.4 Å². The minimum atomic E-state index is -0.0206. The maximum Gasteiger partial charge on any atom is 0.217 e. The average Bonchev–Trinajstić information content (AvgIpc) is 2.88. The molecule has 1 aliphatic rings. The highest BCUT2D eigenvalue weighted by Crippen LogP contribution is 2.35. The maximum atomic E-state index is 6.11. The summed E-state index contributed by atoms with van der Waals surface area (Å²) in [4.78, 5) is 4.62. The molecule has 0 bridgehead atoms. The lowest BCUT2D eigenvalue weighted by atomic mass is 9.99. The molecule has 0 N–H and O–H groups in total. The van der Waals surface area contributed by atoms with Crippen LogP contribution in [0.5, 0.6) is 0 Å². The highest BCUT2D eigenvalue weighted by atomic mass is 16.5. The number of ether oxygens (including phenoxy) is 1. The molecule has 2 aromatic rings. The van der Waals surface area contributed by atoms with Crippen molar-refractivity contribution in [1.82, 2.24) is 0 Å². The van der Waals surface area contributed by atoms with Crippen LogP contribution in [0.3, 0.4) is 0 Å². The summed E-state index contributed by atoms with van der Waals surface area (Å²) in [5, 5.41) is 0. The minimum absolute atomic E-state index is 0.0206. The van der Waals surface area contributed by atoms with Crippen molar-refractivity contribution >= 4 is 5.90 Å². The van der Waals surface area contributed by atoms with Crippen molar-refractivity contribution in [2.75, 3.05) is 6.54 Å². The van der Waals surface area contributed by atoms with Crippen LogP contribution in [0.15, 0.2) is 59.6 Å². The molecule has 2 heteroatoms. The molecule has 1 heterocycles. The lowest BCUT2D eigenvalue weighted by molar-refractivity contribution is 0.251. The number of hydrogen-bond donors (Lipinski definition) is 0. The zero-order valence-corrected chi connectivity index (χ0v) is 11.8. The number of nitrogens with zero attached hydrogens (tertiary/aromatic N) is 1. The van der Waals surface area contributed by atoms with Gasteiger partial charge in [-0.15, -0.1) is 0 Å². The Labute approximate surface area is 120 Å². The first-order chi connectivity index (χ1) is 9.90. The van der Waals surface area contributed by atoms with Crippen molar-refractivity contribution in [3.05, 3.63) is 71.3 Å². The average molecular weight is 265 g/mol. The second-order valence-electron chi connectivity index (χ2n) is 5.04. The van der Waals surface area contributed by atoms with Crippen molar-refractivity contribution in [2.24, 2.45) is 4.99 Å². The van der Waals surface area contributed by atoms with E-state index in [1.54, 1.807) is 0 Å². The molecule has 20 heavy (non-hydrogen) atoms. The van der Waals surface area contributed by atoms with E-state index < -0.39 is 0 Å². The highest BCUT2D eigenvalue weighted by Gasteiger charge is 2.29. The van der Waals surface area contributed by atoms with Crippen LogP contribution in [0, 0.1) is 0 Å². The van der Waals surface area contributed by atoms with Gasteiger partial charge in [-0.2, -0.15) is 0 Å². The summed E-state index contributed by atoms with van der Waals surface area (Å²) in [7, 11) is 0. The fourth-order valence-corrected chi connectivity index (χ4v) is 2.50. The summed E-state index contributed by atoms with van der Waals surface area (Å²) in [5.41, 5.74) is 3.53. The molecule has 3 rings (SSSR count). The number of unbranched alkanes of at least 4 members (excludes halogenated alkanes) is 1. The van der Waals surface area contributed by atoms with Crippen LogP contribution in [0.2, 0.25) is 0 Å². The third kappa shape index (κ3) is 2.46. The van der Waals surface area contributed by atoms with Gasteiger partial charge in [0.2, 0.25) is 5.90 Å². The molecule has 2 nitrogen and oxygen atoms in total. The van der Waals surface area contributed by atoms with Crippen LogP contribution in [-0.2, 0) is 4.74 Å². The van der Waals surface area contributed by atoms with Gasteiger partial charge in [-0.25, -0.2) is 0 Å². The van der Waals surface area contributed by atoms with Gasteiger partial charge in [0.15, 0.2) is 6.10 Å². The molecule has 1 atom stereocenters. The van der Waals surface area contributed by atoms with Crippen molar-refractivity contribution in [2.45, 2.75) is 25.9 Å². The molecular formula is C18H19NO. The predicted octanol–water partition coefficient (Wildman–Crippen LogP) is 4.35. The first-order valence-electron chi connectivity index (χ1n) is 7.25. The Bertz CT molecular complexity index is 604. The van der Waals surface area contributed by atoms with E-state index in [0.717, 1.165) is 30.8 Å². The number of hydrogen-bond acceptors (Lipinski definition) is 2. The number of fused-ring (bicyclic) bond motifs is 1. The molecule has 0 saturated heterocycles. The third-order valence-electron chi connectivity index (χ3n) is 3.57. The van der Waals surface area contributed by atoms with Gasteiger partial charge in [-0.1, -0.05) is 61.9 Å². The minimum Gasteiger partial charge on any atom is -0.464 e. The second-order valence-corrected chi connectivity index (χ2v) is 5.04. The molecular weight excluding hydrogens is 246 g/mol. The molecule has 0 amide bonds. The van der Waals surface area contributed by atoms with Crippen LogP contribution in [0.4, 0.5) is 0 Å². The molecule has 0 fully saturated rings. The zero-order chi connectivity index (χ0) is 13.8. The fraction of sp³-hybridized carbons (Fsp3) is 0.278. The van der Waals surface area contributed by atoms with E-state index in [4.69, 9.17) is 4.74 Å². The van der Waals surface area contributed by atoms with Crippen LogP contribution in [0.25, 0.3) is 0 Å². The van der Waals surface area contributed by atoms with Gasteiger partial charge in [0.05, 0.1) is 0 Å². The van der Waals surface area contributed by atoms with E-state index in [1.807, 2.05) is 24.3 Å². The van der Waals surface area contributed by atoms with Crippen LogP contribution < -0.4 is 0 Å². The molecule has 0 spiro atoms. The fourth-order valence-electron chi connectivity index (χ4n) is 2.50. The van der Waals surface area contributed by atoms with Gasteiger partial charge in [-0.3, -0.25) is 4.99 Å². The second kappa shape index (κ2) is 5.91. The normalized spacial score (nSPS) is 18.9. The van der Waals surface area contributed by atoms with Crippen molar-refractivity contribution in [1.29, 1.82) is 0 Å². The molecule has 0 radical (unpaired) electrons. The summed E-state index contributed by atoms with van der Waals surface area (Å²) < 4.78 is 6.11. The summed E-state index contributed by atoms with van der Waals surface area (Å²) in [6.07, 6.45) is 2.23. The Morgan fingerprint density at radius 3 is 2.55 bits per heavy atom. The van der Waals surface area contributed by atoms with Gasteiger partial charge in [-0.05, 0) is 18.1 Å². The Morgan fingerprint density at radius 2 is 1.75 bits per heavy atom. The molecule has 102 valence electrons. The summed E-state index contributed by atoms with van der Waals surface area (Å²) in [6, 6.07) is 18.7. The molecule has 0 saturated carbocycles. The molecule has 0 aliphatic carbocycles. The Hall–Kier alpha value is -2.09. The molecule has 1 aliphatic heterocycles. The zero-order valence-electron chi connectivity index (χ0n) is 11.8. The topological polar surface area (TPSA) is 21.6 Å². The number of benzene rings is 2. The quantitative estimate of drug-likeness (QED) is 0.753. The smallest absolute Gasteiger partial charge is 0.217 e. The number of aliphatic imine (C=N–C) groups is 1. The van der Waals surface area contributed by atoms with Crippen molar-refractivity contribution < 1.29 is 4.74 Å². The van der Waals surface area contributed by atoms with Gasteiger partial charge in [0, 0.05) is 17.7 Å². The van der Waals surface area contributed by atoms with Crippen LogP contribution >= 0.6 is 0 Å². The standard InChI is InChI=1S/C18H19NO/c1-2-3-13-19-18-16-12-8-7-11-15(16)17(20-18)14-9-5-4-6-10-14/h4-12,17H,2-3,13H2,1H3. The van der Waals surface area contributed by atoms with E-state index in [0.29, 0.717) is 0 Å². The number of rotatable bonds is 4. The van der Waals surface area contributed by atoms with E-state index in [9.17, 15) is 0 Å². The van der Waals surface area contributed by atoms with E-state index in [-0.39, 0.29) is 6.10 Å². The van der Waals surface area contributed by atoms with Crippen molar-refractivity contribution in [3.8, 4) is 0 Å². The third-order valence-corrected chi connectivity index (χ3v) is 3.57. The first-order valence-corrected chi connectivity index (χ1v) is 7.25. The van der Waals surface area contributed by atoms with E-state index in [1.165, 1.54) is 11.1 Å². The largest absolute Gasteiger partial charge is 0.464 e. The Balaban J connectivity index is 1.94. The van der Waals surface area contributed by atoms with Crippen molar-refractivity contribution in [3.63, 3.8) is 0 Å². The van der Waals surface area contributed by atoms with E-state index >= 15 is 0 Å². The molecule has 1 unspecified atom stereocenters. The summed E-state index contributed by atoms with van der Waals surface area (Å²) in [5.74, 6) is 0.794. The molecule has 2 aromatic carbocycles. The van der Waals surface area contributed by atoms with Gasteiger partial charge in [0.1, 0.15) is 0 Å². The SMILES string of the molecule is CCCCN=C1OC(c2ccccc2)c2ccccc21. The summed E-state index contributed by atoms with van der Waals surface area (Å²) >= 11 is 0. The lowest BCUT2D eigenvalue weighted by Gasteiger charge is -2.11. The Kier molecular flexibility index (Phi) is 3.82. The molecule has 0 aromatic heterocycles. The highest BCUT2D eigenvalue weighted by molar-refractivity contribution is 5.98.